The molecule has 0 spiro atoms. The summed E-state index contributed by atoms with van der Waals surface area (Å²) >= 11 is 0. The quantitative estimate of drug-likeness (QED) is 0.478. The molecule has 1 aromatic carbocycles. The van der Waals surface area contributed by atoms with E-state index >= 15 is 0 Å². The van der Waals surface area contributed by atoms with Gasteiger partial charge in [0.1, 0.15) is 5.75 Å². The van der Waals surface area contributed by atoms with Gasteiger partial charge in [0.25, 0.3) is 0 Å². The summed E-state index contributed by atoms with van der Waals surface area (Å²) in [6.07, 6.45) is 14.0. The molecule has 3 heteroatoms. The van der Waals surface area contributed by atoms with Gasteiger partial charge in [0.15, 0.2) is 11.5 Å². The summed E-state index contributed by atoms with van der Waals surface area (Å²) < 4.78 is 11.6. The normalized spacial score (nSPS) is 15.0. The van der Waals surface area contributed by atoms with Crippen LogP contribution in [0.5, 0.6) is 17.2 Å². The molecule has 136 valence electrons. The monoisotopic (exact) mass is 334 g/mol. The molecular weight excluding hydrogens is 300 g/mol. The molecule has 1 aliphatic heterocycles. The molecule has 0 fully saturated rings. The van der Waals surface area contributed by atoms with Crippen molar-refractivity contribution in [2.24, 2.45) is 0 Å². The van der Waals surface area contributed by atoms with E-state index in [4.69, 9.17) is 9.47 Å². The van der Waals surface area contributed by atoms with Crippen LogP contribution in [0, 0.1) is 0 Å². The van der Waals surface area contributed by atoms with Crippen molar-refractivity contribution >= 4 is 0 Å². The molecule has 0 bridgehead atoms. The Morgan fingerprint density at radius 1 is 0.833 bits per heavy atom. The highest BCUT2D eigenvalue weighted by atomic mass is 16.7. The maximum absolute atomic E-state index is 10.2. The average Bonchev–Trinajstić information content (AvgIpc) is 2.85. The molecule has 1 aliphatic rings. The van der Waals surface area contributed by atoms with E-state index in [0.29, 0.717) is 5.75 Å². The van der Waals surface area contributed by atoms with Crippen molar-refractivity contribution in [3.63, 3.8) is 0 Å². The van der Waals surface area contributed by atoms with Gasteiger partial charge in [-0.1, -0.05) is 64.7 Å². The number of phenolic OH excluding ortho intramolecular Hbond substituents is 1. The lowest BCUT2D eigenvalue weighted by Gasteiger charge is -2.16. The SMILES string of the molecule is CCCCCCCCCCCCc1c(O)ccc2c1OC(C)(C)O2. The summed E-state index contributed by atoms with van der Waals surface area (Å²) in [6.45, 7) is 6.06. The number of unbranched alkanes of at least 4 members (excludes halogenated alkanes) is 9. The van der Waals surface area contributed by atoms with Crippen molar-refractivity contribution in [2.45, 2.75) is 97.2 Å². The Morgan fingerprint density at radius 3 is 2.04 bits per heavy atom. The average molecular weight is 335 g/mol. The second kappa shape index (κ2) is 9.19. The number of hydrogen-bond donors (Lipinski definition) is 1. The lowest BCUT2D eigenvalue weighted by Crippen LogP contribution is -2.29. The molecule has 0 aromatic heterocycles. The number of aromatic hydroxyl groups is 1. The van der Waals surface area contributed by atoms with Crippen molar-refractivity contribution in [3.8, 4) is 17.2 Å². The zero-order valence-electron chi connectivity index (χ0n) is 15.7. The van der Waals surface area contributed by atoms with E-state index in [1.165, 1.54) is 57.8 Å². The second-order valence-electron chi connectivity index (χ2n) is 7.43. The van der Waals surface area contributed by atoms with Gasteiger partial charge in [-0.25, -0.2) is 0 Å². The molecule has 0 atom stereocenters. The van der Waals surface area contributed by atoms with Gasteiger partial charge in [-0.05, 0) is 25.0 Å². The standard InChI is InChI=1S/C21H34O3/c1-4-5-6-7-8-9-10-11-12-13-14-17-18(22)15-16-19-20(17)24-21(2,3)23-19/h15-16,22H,4-14H2,1-3H3. The zero-order chi connectivity index (χ0) is 17.4. The number of rotatable bonds is 11. The van der Waals surface area contributed by atoms with Gasteiger partial charge in [-0.3, -0.25) is 0 Å². The van der Waals surface area contributed by atoms with E-state index in [2.05, 4.69) is 6.92 Å². The summed E-state index contributed by atoms with van der Waals surface area (Å²) in [5.74, 6) is 1.17. The van der Waals surface area contributed by atoms with Gasteiger partial charge in [-0.15, -0.1) is 0 Å². The molecule has 1 heterocycles. The molecular formula is C21H34O3. The lowest BCUT2D eigenvalue weighted by atomic mass is 10.0. The van der Waals surface area contributed by atoms with Crippen LogP contribution < -0.4 is 9.47 Å². The smallest absolute Gasteiger partial charge is 0.246 e. The van der Waals surface area contributed by atoms with Crippen LogP contribution in [0.25, 0.3) is 0 Å². The molecule has 2 rings (SSSR count). The Morgan fingerprint density at radius 2 is 1.42 bits per heavy atom. The Balaban J connectivity index is 1.66. The highest BCUT2D eigenvalue weighted by Gasteiger charge is 2.34. The molecule has 0 aliphatic carbocycles. The van der Waals surface area contributed by atoms with Gasteiger partial charge in [0.05, 0.1) is 0 Å². The zero-order valence-corrected chi connectivity index (χ0v) is 15.7. The highest BCUT2D eigenvalue weighted by Crippen LogP contribution is 2.45. The third-order valence-corrected chi connectivity index (χ3v) is 4.68. The molecule has 1 N–H and O–H groups in total. The minimum Gasteiger partial charge on any atom is -0.508 e. The van der Waals surface area contributed by atoms with E-state index in [-0.39, 0.29) is 0 Å². The Bertz CT molecular complexity index is 508. The van der Waals surface area contributed by atoms with E-state index < -0.39 is 5.79 Å². The van der Waals surface area contributed by atoms with Crippen molar-refractivity contribution in [1.82, 2.24) is 0 Å². The maximum atomic E-state index is 10.2. The fourth-order valence-corrected chi connectivity index (χ4v) is 3.35. The second-order valence-corrected chi connectivity index (χ2v) is 7.43. The summed E-state index contributed by atoms with van der Waals surface area (Å²) in [5.41, 5.74) is 0.901. The molecule has 0 saturated heterocycles. The van der Waals surface area contributed by atoms with Gasteiger partial charge in [-0.2, -0.15) is 0 Å². The number of phenols is 1. The van der Waals surface area contributed by atoms with Crippen LogP contribution in [0.2, 0.25) is 0 Å². The first-order valence-electron chi connectivity index (χ1n) is 9.76. The van der Waals surface area contributed by atoms with Crippen LogP contribution in [-0.2, 0) is 6.42 Å². The fraction of sp³-hybridized carbons (Fsp3) is 0.714. The lowest BCUT2D eigenvalue weighted by molar-refractivity contribution is -0.0435. The van der Waals surface area contributed by atoms with E-state index in [1.807, 2.05) is 13.8 Å². The first-order valence-corrected chi connectivity index (χ1v) is 9.76. The van der Waals surface area contributed by atoms with Gasteiger partial charge in [0.2, 0.25) is 5.79 Å². The third kappa shape index (κ3) is 5.61. The molecule has 0 amide bonds. The van der Waals surface area contributed by atoms with Crippen molar-refractivity contribution < 1.29 is 14.6 Å². The molecule has 0 unspecified atom stereocenters. The first-order chi connectivity index (χ1) is 11.5. The van der Waals surface area contributed by atoms with Gasteiger partial charge < -0.3 is 14.6 Å². The summed E-state index contributed by atoms with van der Waals surface area (Å²) in [7, 11) is 0. The fourth-order valence-electron chi connectivity index (χ4n) is 3.35. The molecule has 24 heavy (non-hydrogen) atoms. The molecule has 3 nitrogen and oxygen atoms in total. The number of hydrogen-bond acceptors (Lipinski definition) is 3. The van der Waals surface area contributed by atoms with E-state index in [1.54, 1.807) is 12.1 Å². The predicted molar refractivity (Wildman–Crippen MR) is 99.0 cm³/mol. The maximum Gasteiger partial charge on any atom is 0.246 e. The van der Waals surface area contributed by atoms with Crippen LogP contribution in [0.15, 0.2) is 12.1 Å². The van der Waals surface area contributed by atoms with Crippen LogP contribution in [-0.4, -0.2) is 10.9 Å². The highest BCUT2D eigenvalue weighted by molar-refractivity contribution is 5.55. The third-order valence-electron chi connectivity index (χ3n) is 4.68. The Hall–Kier alpha value is -1.38. The Kier molecular flexibility index (Phi) is 7.26. The number of fused-ring (bicyclic) bond motifs is 1. The number of ether oxygens (including phenoxy) is 2. The van der Waals surface area contributed by atoms with Crippen molar-refractivity contribution in [3.05, 3.63) is 17.7 Å². The minimum absolute atomic E-state index is 0.325. The van der Waals surface area contributed by atoms with Crippen LogP contribution in [0.4, 0.5) is 0 Å². The van der Waals surface area contributed by atoms with Crippen LogP contribution in [0.3, 0.4) is 0 Å². The first kappa shape index (κ1) is 19.0. The Labute approximate surface area is 147 Å². The summed E-state index contributed by atoms with van der Waals surface area (Å²) in [5, 5.41) is 10.2. The number of benzene rings is 1. The van der Waals surface area contributed by atoms with E-state index in [0.717, 1.165) is 29.9 Å². The van der Waals surface area contributed by atoms with Gasteiger partial charge >= 0.3 is 0 Å². The molecule has 0 saturated carbocycles. The summed E-state index contributed by atoms with van der Waals surface area (Å²) in [4.78, 5) is 0. The van der Waals surface area contributed by atoms with Crippen molar-refractivity contribution in [1.29, 1.82) is 0 Å². The van der Waals surface area contributed by atoms with Crippen molar-refractivity contribution in [2.75, 3.05) is 0 Å². The predicted octanol–water partition coefficient (Wildman–Crippen LogP) is 6.36. The minimum atomic E-state index is -0.636. The van der Waals surface area contributed by atoms with Gasteiger partial charge in [0, 0.05) is 19.4 Å². The topological polar surface area (TPSA) is 38.7 Å². The molecule has 1 aromatic rings. The summed E-state index contributed by atoms with van der Waals surface area (Å²) in [6, 6.07) is 3.51. The van der Waals surface area contributed by atoms with Crippen LogP contribution >= 0.6 is 0 Å². The molecule has 0 radical (unpaired) electrons. The largest absolute Gasteiger partial charge is 0.508 e. The van der Waals surface area contributed by atoms with E-state index in [9.17, 15) is 5.11 Å². The van der Waals surface area contributed by atoms with Crippen LogP contribution in [0.1, 0.15) is 90.5 Å².